The van der Waals surface area contributed by atoms with Crippen LogP contribution in [0.5, 0.6) is 0 Å². The highest BCUT2D eigenvalue weighted by atomic mass is 31.2. The van der Waals surface area contributed by atoms with Crippen LogP contribution in [0, 0.1) is 0 Å². The van der Waals surface area contributed by atoms with E-state index in [-0.39, 0.29) is 25.7 Å². The number of hydrogen-bond donors (Lipinski definition) is 3. The molecule has 0 amide bonds. The summed E-state index contributed by atoms with van der Waals surface area (Å²) in [6.07, 6.45) is 32.8. The minimum atomic E-state index is -4.93. The van der Waals surface area contributed by atoms with Crippen molar-refractivity contribution in [1.82, 2.24) is 0 Å². The Morgan fingerprint density at radius 2 is 0.562 bits per heavy atom. The second kappa shape index (κ2) is 49.6. The maximum Gasteiger partial charge on any atom is 0.472 e. The number of phosphoric acid groups is 2. The second-order valence-corrected chi connectivity index (χ2v) is 22.5. The van der Waals surface area contributed by atoms with Crippen LogP contribution in [0.4, 0.5) is 0 Å². The maximum atomic E-state index is 12.9. The van der Waals surface area contributed by atoms with E-state index in [4.69, 9.17) is 37.0 Å². The molecule has 0 aromatic rings. The van der Waals surface area contributed by atoms with Crippen molar-refractivity contribution in [1.29, 1.82) is 0 Å². The van der Waals surface area contributed by atoms with Gasteiger partial charge in [0.15, 0.2) is 12.2 Å². The van der Waals surface area contributed by atoms with Gasteiger partial charge in [0.1, 0.15) is 19.3 Å². The van der Waals surface area contributed by atoms with E-state index in [1.165, 1.54) is 122 Å². The molecule has 0 aliphatic rings. The smallest absolute Gasteiger partial charge is 0.462 e. The molecule has 432 valence electrons. The number of aliphatic hydroxyl groups is 1. The van der Waals surface area contributed by atoms with E-state index in [9.17, 15) is 43.2 Å². The molecule has 0 aliphatic heterocycles. The Kier molecular flexibility index (Phi) is 48.3. The fourth-order valence-corrected chi connectivity index (χ4v) is 9.42. The normalized spacial score (nSPS) is 14.5. The minimum Gasteiger partial charge on any atom is -0.462 e. The van der Waals surface area contributed by atoms with Crippen LogP contribution in [0.3, 0.4) is 0 Å². The van der Waals surface area contributed by atoms with Crippen molar-refractivity contribution in [3.05, 3.63) is 0 Å². The Morgan fingerprint density at radius 1 is 0.329 bits per heavy atom. The van der Waals surface area contributed by atoms with Crippen LogP contribution in [-0.2, 0) is 65.4 Å². The van der Waals surface area contributed by atoms with Gasteiger partial charge < -0.3 is 33.8 Å². The molecule has 0 saturated heterocycles. The molecule has 73 heavy (non-hydrogen) atoms. The van der Waals surface area contributed by atoms with Crippen molar-refractivity contribution < 1.29 is 80.2 Å². The Hall–Kier alpha value is -1.94. The first-order valence-corrected chi connectivity index (χ1v) is 31.8. The predicted molar refractivity (Wildman–Crippen MR) is 285 cm³/mol. The fraction of sp³-hybridized carbons (Fsp3) is 0.926. The van der Waals surface area contributed by atoms with Crippen LogP contribution in [0.2, 0.25) is 0 Å². The number of phosphoric ester groups is 2. The summed E-state index contributed by atoms with van der Waals surface area (Å²) in [4.78, 5) is 70.6. The summed E-state index contributed by atoms with van der Waals surface area (Å²) in [6, 6.07) is 0. The van der Waals surface area contributed by atoms with Crippen molar-refractivity contribution in [2.45, 2.75) is 284 Å². The van der Waals surface area contributed by atoms with Gasteiger partial charge in [-0.1, -0.05) is 214 Å². The van der Waals surface area contributed by atoms with Gasteiger partial charge in [0.2, 0.25) is 0 Å². The van der Waals surface area contributed by atoms with Crippen molar-refractivity contribution in [3.63, 3.8) is 0 Å². The summed E-state index contributed by atoms with van der Waals surface area (Å²) in [6.45, 7) is 4.37. The third kappa shape index (κ3) is 49.4. The van der Waals surface area contributed by atoms with Gasteiger partial charge in [-0.05, 0) is 25.7 Å². The molecule has 0 heterocycles. The Bertz CT molecular complexity index is 1440. The van der Waals surface area contributed by atoms with E-state index >= 15 is 0 Å². The lowest BCUT2D eigenvalue weighted by atomic mass is 10.0. The van der Waals surface area contributed by atoms with Crippen LogP contribution >= 0.6 is 15.6 Å². The number of esters is 4. The number of ether oxygens (including phenoxy) is 4. The summed E-state index contributed by atoms with van der Waals surface area (Å²) in [5.74, 6) is -2.21. The topological polar surface area (TPSA) is 237 Å². The molecular weight excluding hydrogens is 983 g/mol. The lowest BCUT2D eigenvalue weighted by Gasteiger charge is -2.21. The third-order valence-corrected chi connectivity index (χ3v) is 14.3. The molecule has 0 aliphatic carbocycles. The number of unbranched alkanes of at least 4 members (excludes halogenated alkanes) is 29. The van der Waals surface area contributed by atoms with Crippen LogP contribution in [0.25, 0.3) is 0 Å². The molecule has 3 N–H and O–H groups in total. The van der Waals surface area contributed by atoms with Gasteiger partial charge in [0.05, 0.1) is 26.4 Å². The number of carbonyl (C=O) groups is 4. The maximum absolute atomic E-state index is 12.9. The quantitative estimate of drug-likeness (QED) is 0.0222. The largest absolute Gasteiger partial charge is 0.472 e. The van der Waals surface area contributed by atoms with Crippen LogP contribution in [0.15, 0.2) is 0 Å². The van der Waals surface area contributed by atoms with Gasteiger partial charge >= 0.3 is 39.5 Å². The third-order valence-electron chi connectivity index (χ3n) is 12.4. The zero-order valence-corrected chi connectivity index (χ0v) is 47.9. The fourth-order valence-electron chi connectivity index (χ4n) is 7.84. The minimum absolute atomic E-state index is 0.0877. The molecule has 0 aromatic heterocycles. The van der Waals surface area contributed by atoms with Crippen LogP contribution in [0.1, 0.15) is 265 Å². The molecule has 0 radical (unpaired) electrons. The SMILES string of the molecule is CCCCCCCCCCCCCCCCCC(=O)O[C@H](COC(=O)CCCCCCCCCCCCCCC)COP(=O)(O)OC[C@@H](O)COP(=O)(O)OC[C@@H](COC(=O)CCCC)OC(=O)CCCCC. The van der Waals surface area contributed by atoms with Crippen LogP contribution in [-0.4, -0.2) is 96.7 Å². The molecule has 2 unspecified atom stereocenters. The summed E-state index contributed by atoms with van der Waals surface area (Å²) < 4.78 is 66.7. The highest BCUT2D eigenvalue weighted by Crippen LogP contribution is 2.45. The standard InChI is InChI=1S/C54H104O17P2/c1-5-9-13-15-17-19-21-23-24-26-28-30-32-34-37-41-54(59)71-50(45-65-52(57)39-36-33-31-29-27-25-22-20-18-16-14-10-6-2)47-69-73(62,63)67-43-48(55)42-66-72(60,61)68-46-49(44-64-51(56)38-12-8-4)70-53(58)40-35-11-7-3/h48-50,55H,5-47H2,1-4H3,(H,60,61)(H,62,63)/t48-,49+,50+/m0/s1. The van der Waals surface area contributed by atoms with Gasteiger partial charge in [-0.15, -0.1) is 0 Å². The van der Waals surface area contributed by atoms with Gasteiger partial charge in [-0.2, -0.15) is 0 Å². The summed E-state index contributed by atoms with van der Waals surface area (Å²) in [7, 11) is -9.83. The first kappa shape index (κ1) is 71.1. The van der Waals surface area contributed by atoms with E-state index in [1.54, 1.807) is 0 Å². The van der Waals surface area contributed by atoms with Gasteiger partial charge in [-0.3, -0.25) is 37.3 Å². The van der Waals surface area contributed by atoms with Crippen molar-refractivity contribution in [3.8, 4) is 0 Å². The molecule has 19 heteroatoms. The summed E-state index contributed by atoms with van der Waals surface area (Å²) in [5.41, 5.74) is 0. The van der Waals surface area contributed by atoms with Gasteiger partial charge in [0.25, 0.3) is 0 Å². The molecule has 0 aromatic carbocycles. The lowest BCUT2D eigenvalue weighted by molar-refractivity contribution is -0.161. The molecular formula is C54H104O17P2. The van der Waals surface area contributed by atoms with E-state index in [0.29, 0.717) is 25.7 Å². The molecule has 0 rings (SSSR count). The van der Waals surface area contributed by atoms with E-state index < -0.39 is 97.5 Å². The predicted octanol–water partition coefficient (Wildman–Crippen LogP) is 14.0. The van der Waals surface area contributed by atoms with Gasteiger partial charge in [-0.25, -0.2) is 9.13 Å². The zero-order valence-electron chi connectivity index (χ0n) is 46.1. The number of hydrogen-bond acceptors (Lipinski definition) is 15. The Balaban J connectivity index is 5.02. The number of aliphatic hydroxyl groups excluding tert-OH is 1. The molecule has 0 saturated carbocycles. The molecule has 0 fully saturated rings. The Morgan fingerprint density at radius 3 is 0.877 bits per heavy atom. The highest BCUT2D eigenvalue weighted by Gasteiger charge is 2.30. The molecule has 5 atom stereocenters. The first-order valence-electron chi connectivity index (χ1n) is 28.8. The average Bonchev–Trinajstić information content (AvgIpc) is 3.36. The van der Waals surface area contributed by atoms with Gasteiger partial charge in [0, 0.05) is 25.7 Å². The highest BCUT2D eigenvalue weighted by molar-refractivity contribution is 7.47. The summed E-state index contributed by atoms with van der Waals surface area (Å²) >= 11 is 0. The van der Waals surface area contributed by atoms with Crippen molar-refractivity contribution >= 4 is 39.5 Å². The lowest BCUT2D eigenvalue weighted by Crippen LogP contribution is -2.30. The zero-order chi connectivity index (χ0) is 54.1. The van der Waals surface area contributed by atoms with Crippen molar-refractivity contribution in [2.75, 3.05) is 39.6 Å². The number of rotatable bonds is 55. The summed E-state index contributed by atoms with van der Waals surface area (Å²) in [5, 5.41) is 10.4. The van der Waals surface area contributed by atoms with Crippen molar-refractivity contribution in [2.24, 2.45) is 0 Å². The molecule has 17 nitrogen and oxygen atoms in total. The van der Waals surface area contributed by atoms with E-state index in [1.807, 2.05) is 13.8 Å². The monoisotopic (exact) mass is 1090 g/mol. The van der Waals surface area contributed by atoms with E-state index in [0.717, 1.165) is 64.2 Å². The van der Waals surface area contributed by atoms with E-state index in [2.05, 4.69) is 13.8 Å². The first-order chi connectivity index (χ1) is 35.2. The molecule has 0 bridgehead atoms. The second-order valence-electron chi connectivity index (χ2n) is 19.6. The number of carbonyl (C=O) groups excluding carboxylic acids is 4. The average molecular weight is 1090 g/mol. The Labute approximate surface area is 441 Å². The van der Waals surface area contributed by atoms with Crippen LogP contribution < -0.4 is 0 Å². The molecule has 0 spiro atoms.